The number of ether oxygens (including phenoxy) is 1. The van der Waals surface area contributed by atoms with Gasteiger partial charge < -0.3 is 15.8 Å². The number of piperidine rings is 1. The number of hydrogen-bond acceptors (Lipinski definition) is 8. The van der Waals surface area contributed by atoms with Crippen molar-refractivity contribution >= 4 is 17.0 Å². The number of fused-ring (bicyclic) bond motifs is 4. The number of aromatic nitrogens is 6. The number of pyridine rings is 2. The maximum Gasteiger partial charge on any atom is 0.167 e. The van der Waals surface area contributed by atoms with Gasteiger partial charge in [-0.25, -0.2) is 19.6 Å². The molecule has 6 aromatic rings. The predicted molar refractivity (Wildman–Crippen MR) is 172 cm³/mol. The second-order valence-electron chi connectivity index (χ2n) is 12.2. The molecule has 3 fully saturated rings. The summed E-state index contributed by atoms with van der Waals surface area (Å²) in [5.74, 6) is 1.87. The van der Waals surface area contributed by atoms with E-state index in [2.05, 4.69) is 73.4 Å². The van der Waals surface area contributed by atoms with Crippen LogP contribution >= 0.6 is 0 Å². The van der Waals surface area contributed by atoms with Gasteiger partial charge in [-0.05, 0) is 72.0 Å². The first-order valence-corrected chi connectivity index (χ1v) is 15.6. The van der Waals surface area contributed by atoms with Crippen molar-refractivity contribution in [2.45, 2.75) is 43.7 Å². The summed E-state index contributed by atoms with van der Waals surface area (Å²) in [7, 11) is 0. The molecule has 10 rings (SSSR count). The highest BCUT2D eigenvalue weighted by Crippen LogP contribution is 2.38. The van der Waals surface area contributed by atoms with Gasteiger partial charge in [-0.3, -0.25) is 9.47 Å². The van der Waals surface area contributed by atoms with Crippen LogP contribution in [0.15, 0.2) is 97.5 Å². The summed E-state index contributed by atoms with van der Waals surface area (Å²) in [5.41, 5.74) is 13.7. The zero-order valence-corrected chi connectivity index (χ0v) is 24.7. The van der Waals surface area contributed by atoms with E-state index in [4.69, 9.17) is 20.4 Å². The predicted octanol–water partition coefficient (Wildman–Crippen LogP) is 4.48. The van der Waals surface area contributed by atoms with Crippen LogP contribution in [0, 0.1) is 0 Å². The van der Waals surface area contributed by atoms with Gasteiger partial charge in [-0.1, -0.05) is 36.4 Å². The normalized spacial score (nSPS) is 22.4. The van der Waals surface area contributed by atoms with Gasteiger partial charge in [0.2, 0.25) is 0 Å². The van der Waals surface area contributed by atoms with Gasteiger partial charge in [0, 0.05) is 50.0 Å². The second-order valence-corrected chi connectivity index (χ2v) is 12.2. The lowest BCUT2D eigenvalue weighted by atomic mass is 9.90. The summed E-state index contributed by atoms with van der Waals surface area (Å²) < 4.78 is 10.1. The van der Waals surface area contributed by atoms with E-state index in [1.54, 1.807) is 17.1 Å². The summed E-state index contributed by atoms with van der Waals surface area (Å²) in [6, 6.07) is 27.8. The molecule has 2 bridgehead atoms. The van der Waals surface area contributed by atoms with Gasteiger partial charge in [0.15, 0.2) is 17.3 Å². The Labute approximate surface area is 260 Å². The lowest BCUT2D eigenvalue weighted by Gasteiger charge is -2.54. The largest absolute Gasteiger partial charge is 0.383 e. The monoisotopic (exact) mass is 595 g/mol. The quantitative estimate of drug-likeness (QED) is 0.278. The first kappa shape index (κ1) is 26.5. The molecular weight excluding hydrogens is 562 g/mol. The van der Waals surface area contributed by atoms with Crippen LogP contribution in [0.2, 0.25) is 0 Å². The number of rotatable bonds is 7. The molecule has 3 saturated heterocycles. The lowest BCUT2D eigenvalue weighted by Crippen LogP contribution is -2.71. The average molecular weight is 596 g/mol. The molecule has 2 aromatic carbocycles. The standard InChI is InChI=1S/C35H33N9O/c36-33-26(8-4-15-37-33)34-40-28-13-14-31(43-17-5-16-38-43)41-35(28)44(34)24-10-11-25-23(18-24)9-12-27(25)39-32-29-20-42(21-30(32)45-29)19-22-6-2-1-3-7-22/h1-8,10-11,13-18,27,29-30,32,39H,9,12,19-21H2,(H2,36,37). The van der Waals surface area contributed by atoms with E-state index in [1.807, 2.05) is 36.5 Å². The Balaban J connectivity index is 1.01. The number of anilines is 1. The van der Waals surface area contributed by atoms with Crippen LogP contribution < -0.4 is 11.1 Å². The first-order chi connectivity index (χ1) is 22.2. The molecule has 1 aliphatic carbocycles. The third-order valence-corrected chi connectivity index (χ3v) is 9.44. The highest BCUT2D eigenvalue weighted by atomic mass is 16.5. The van der Waals surface area contributed by atoms with Crippen molar-refractivity contribution in [2.75, 3.05) is 18.8 Å². The van der Waals surface area contributed by atoms with Crippen molar-refractivity contribution in [1.29, 1.82) is 0 Å². The fourth-order valence-electron chi connectivity index (χ4n) is 7.29. The molecule has 224 valence electrons. The van der Waals surface area contributed by atoms with Crippen LogP contribution in [-0.4, -0.2) is 65.5 Å². The third-order valence-electron chi connectivity index (χ3n) is 9.44. The van der Waals surface area contributed by atoms with Crippen LogP contribution in [0.1, 0.15) is 29.2 Å². The zero-order valence-electron chi connectivity index (χ0n) is 24.7. The Morgan fingerprint density at radius 1 is 0.911 bits per heavy atom. The van der Waals surface area contributed by atoms with E-state index in [1.165, 1.54) is 16.7 Å². The van der Waals surface area contributed by atoms with Crippen LogP contribution in [0.25, 0.3) is 34.1 Å². The molecule has 3 N–H and O–H groups in total. The molecule has 7 heterocycles. The van der Waals surface area contributed by atoms with E-state index < -0.39 is 0 Å². The Morgan fingerprint density at radius 2 is 1.80 bits per heavy atom. The Hall–Kier alpha value is -4.90. The molecule has 3 atom stereocenters. The van der Waals surface area contributed by atoms with E-state index in [9.17, 15) is 0 Å². The van der Waals surface area contributed by atoms with E-state index in [0.717, 1.165) is 60.7 Å². The fraction of sp³-hybridized carbons (Fsp3) is 0.257. The van der Waals surface area contributed by atoms with Crippen LogP contribution in [-0.2, 0) is 17.7 Å². The summed E-state index contributed by atoms with van der Waals surface area (Å²) in [5, 5.41) is 8.38. The van der Waals surface area contributed by atoms with Gasteiger partial charge in [-0.2, -0.15) is 5.10 Å². The van der Waals surface area contributed by atoms with Crippen LogP contribution in [0.4, 0.5) is 5.82 Å². The number of hydrogen-bond donors (Lipinski definition) is 2. The maximum atomic E-state index is 6.37. The maximum absolute atomic E-state index is 6.37. The number of imidazole rings is 1. The number of benzene rings is 2. The van der Waals surface area contributed by atoms with Crippen LogP contribution in [0.3, 0.4) is 0 Å². The summed E-state index contributed by atoms with van der Waals surface area (Å²) >= 11 is 0. The van der Waals surface area contributed by atoms with Gasteiger partial charge in [0.1, 0.15) is 11.3 Å². The van der Waals surface area contributed by atoms with Crippen molar-refractivity contribution in [1.82, 2.24) is 39.5 Å². The Bertz CT molecular complexity index is 1990. The minimum absolute atomic E-state index is 0.232. The highest BCUT2D eigenvalue weighted by Gasteiger charge is 2.49. The van der Waals surface area contributed by atoms with Gasteiger partial charge in [-0.15, -0.1) is 0 Å². The molecule has 3 unspecified atom stereocenters. The lowest BCUT2D eigenvalue weighted by molar-refractivity contribution is -0.211. The molecule has 10 nitrogen and oxygen atoms in total. The van der Waals surface area contributed by atoms with Gasteiger partial charge in [0.05, 0.1) is 23.8 Å². The van der Waals surface area contributed by atoms with Crippen molar-refractivity contribution in [3.63, 3.8) is 0 Å². The van der Waals surface area contributed by atoms with Gasteiger partial charge >= 0.3 is 0 Å². The molecule has 0 radical (unpaired) electrons. The molecule has 3 aliphatic heterocycles. The molecule has 4 aliphatic rings. The summed E-state index contributed by atoms with van der Waals surface area (Å²) in [4.78, 5) is 16.9. The number of morpholine rings is 1. The number of nitrogens with two attached hydrogens (primary N) is 1. The number of nitrogens with zero attached hydrogens (tertiary/aromatic N) is 7. The molecule has 4 aromatic heterocycles. The molecule has 0 spiro atoms. The smallest absolute Gasteiger partial charge is 0.167 e. The summed E-state index contributed by atoms with van der Waals surface area (Å²) in [6.45, 7) is 2.90. The SMILES string of the molecule is Nc1ncccc1-c1nc2ccc(-n3cccn3)nc2n1-c1ccc2c(c1)CCC2NC1C2CN(Cc3ccccc3)CC1O2. The second kappa shape index (κ2) is 10.6. The summed E-state index contributed by atoms with van der Waals surface area (Å²) in [6.07, 6.45) is 7.87. The van der Waals surface area contributed by atoms with E-state index in [0.29, 0.717) is 23.7 Å². The topological polar surface area (TPSA) is 112 Å². The zero-order chi connectivity index (χ0) is 29.9. The average Bonchev–Trinajstić information content (AvgIpc) is 3.83. The molecular formula is C35H33N9O. The van der Waals surface area contributed by atoms with E-state index in [-0.39, 0.29) is 12.2 Å². The number of aryl methyl sites for hydroxylation is 1. The molecule has 10 heteroatoms. The fourth-order valence-corrected chi connectivity index (χ4v) is 7.29. The third kappa shape index (κ3) is 4.61. The Kier molecular flexibility index (Phi) is 6.25. The first-order valence-electron chi connectivity index (χ1n) is 15.6. The molecule has 0 saturated carbocycles. The van der Waals surface area contributed by atoms with Gasteiger partial charge in [0.25, 0.3) is 0 Å². The minimum Gasteiger partial charge on any atom is -0.383 e. The van der Waals surface area contributed by atoms with Crippen molar-refractivity contribution in [3.8, 4) is 22.9 Å². The van der Waals surface area contributed by atoms with E-state index >= 15 is 0 Å². The minimum atomic E-state index is 0.232. The highest BCUT2D eigenvalue weighted by molar-refractivity contribution is 5.83. The number of nitrogen functional groups attached to an aromatic ring is 1. The Morgan fingerprint density at radius 3 is 2.62 bits per heavy atom. The van der Waals surface area contributed by atoms with Crippen molar-refractivity contribution in [2.24, 2.45) is 0 Å². The van der Waals surface area contributed by atoms with Crippen LogP contribution in [0.5, 0.6) is 0 Å². The van der Waals surface area contributed by atoms with Crippen molar-refractivity contribution < 1.29 is 4.74 Å². The number of nitrogens with one attached hydrogen (secondary N) is 1. The van der Waals surface area contributed by atoms with Crippen molar-refractivity contribution in [3.05, 3.63) is 114 Å². The molecule has 0 amide bonds. The molecule has 45 heavy (non-hydrogen) atoms.